The van der Waals surface area contributed by atoms with Crippen molar-refractivity contribution < 1.29 is 9.53 Å². The number of nitrogens with one attached hydrogen (secondary N) is 2. The van der Waals surface area contributed by atoms with Crippen molar-refractivity contribution in [2.45, 2.75) is 26.7 Å². The molecule has 0 aliphatic carbocycles. The summed E-state index contributed by atoms with van der Waals surface area (Å²) in [6.07, 6.45) is 2.36. The Labute approximate surface area is 185 Å². The third kappa shape index (κ3) is 5.28. The van der Waals surface area contributed by atoms with Gasteiger partial charge in [-0.3, -0.25) is 10.1 Å². The van der Waals surface area contributed by atoms with Gasteiger partial charge in [-0.05, 0) is 67.7 Å². The normalized spacial score (nSPS) is 14.4. The van der Waals surface area contributed by atoms with Gasteiger partial charge in [-0.1, -0.05) is 35.0 Å². The molecule has 0 bridgehead atoms. The molecule has 1 amide bonds. The van der Waals surface area contributed by atoms with Crippen molar-refractivity contribution in [3.05, 3.63) is 52.0 Å². The summed E-state index contributed by atoms with van der Waals surface area (Å²) in [6.45, 7) is 6.23. The molecule has 1 heterocycles. The van der Waals surface area contributed by atoms with E-state index in [-0.39, 0.29) is 11.0 Å². The largest absolute Gasteiger partial charge is 0.496 e. The van der Waals surface area contributed by atoms with E-state index in [0.717, 1.165) is 40.4 Å². The summed E-state index contributed by atoms with van der Waals surface area (Å²) < 4.78 is 6.22. The highest BCUT2D eigenvalue weighted by atomic mass is 79.9. The van der Waals surface area contributed by atoms with Crippen LogP contribution in [0.1, 0.15) is 35.7 Å². The Kier molecular flexibility index (Phi) is 7.14. The summed E-state index contributed by atoms with van der Waals surface area (Å²) in [7, 11) is 1.55. The zero-order chi connectivity index (χ0) is 21.0. The number of aryl methyl sites for hydroxylation is 1. The van der Waals surface area contributed by atoms with Gasteiger partial charge in [-0.25, -0.2) is 0 Å². The number of benzene rings is 2. The number of ether oxygens (including phenoxy) is 1. The van der Waals surface area contributed by atoms with Crippen LogP contribution in [0.2, 0.25) is 0 Å². The van der Waals surface area contributed by atoms with Crippen LogP contribution in [0.4, 0.5) is 11.4 Å². The van der Waals surface area contributed by atoms with Gasteiger partial charge in [0.2, 0.25) is 0 Å². The van der Waals surface area contributed by atoms with Crippen LogP contribution in [0.15, 0.2) is 40.9 Å². The van der Waals surface area contributed by atoms with Crippen molar-refractivity contribution in [3.8, 4) is 5.75 Å². The number of hydrogen-bond acceptors (Lipinski definition) is 4. The van der Waals surface area contributed by atoms with Gasteiger partial charge >= 0.3 is 0 Å². The summed E-state index contributed by atoms with van der Waals surface area (Å²) in [5, 5.41) is 6.22. The number of methoxy groups -OCH3 is 1. The number of para-hydroxylation sites is 2. The molecule has 2 N–H and O–H groups in total. The smallest absolute Gasteiger partial charge is 0.261 e. The molecule has 2 aromatic carbocycles. The first-order valence-corrected chi connectivity index (χ1v) is 10.9. The number of carbonyl (C=O) groups excluding carboxylic acids is 1. The van der Waals surface area contributed by atoms with E-state index in [1.54, 1.807) is 13.2 Å². The predicted molar refractivity (Wildman–Crippen MR) is 126 cm³/mol. The van der Waals surface area contributed by atoms with E-state index in [4.69, 9.17) is 17.0 Å². The third-order valence-electron chi connectivity index (χ3n) is 5.19. The average Bonchev–Trinajstić information content (AvgIpc) is 2.68. The Balaban J connectivity index is 1.73. The monoisotopic (exact) mass is 475 g/mol. The molecule has 29 heavy (non-hydrogen) atoms. The maximum Gasteiger partial charge on any atom is 0.261 e. The zero-order valence-electron chi connectivity index (χ0n) is 16.9. The number of amides is 1. The second-order valence-electron chi connectivity index (χ2n) is 7.40. The average molecular weight is 476 g/mol. The Morgan fingerprint density at radius 1 is 1.24 bits per heavy atom. The van der Waals surface area contributed by atoms with Crippen LogP contribution in [0.5, 0.6) is 5.75 Å². The molecule has 0 radical (unpaired) electrons. The van der Waals surface area contributed by atoms with E-state index >= 15 is 0 Å². The highest BCUT2D eigenvalue weighted by molar-refractivity contribution is 9.10. The molecule has 5 nitrogen and oxygen atoms in total. The van der Waals surface area contributed by atoms with Crippen LogP contribution in [-0.4, -0.2) is 31.2 Å². The van der Waals surface area contributed by atoms with E-state index in [2.05, 4.69) is 44.5 Å². The van der Waals surface area contributed by atoms with Gasteiger partial charge in [0.1, 0.15) is 5.75 Å². The minimum Gasteiger partial charge on any atom is -0.496 e. The fourth-order valence-corrected chi connectivity index (χ4v) is 4.37. The highest BCUT2D eigenvalue weighted by Crippen LogP contribution is 2.30. The molecule has 7 heteroatoms. The fourth-order valence-electron chi connectivity index (χ4n) is 3.60. The summed E-state index contributed by atoms with van der Waals surface area (Å²) in [5.41, 5.74) is 3.30. The number of thiocarbonyl (C=S) groups is 1. The van der Waals surface area contributed by atoms with Crippen molar-refractivity contribution in [1.29, 1.82) is 0 Å². The van der Waals surface area contributed by atoms with E-state index in [1.165, 1.54) is 12.8 Å². The molecule has 0 unspecified atom stereocenters. The van der Waals surface area contributed by atoms with Crippen LogP contribution in [0.25, 0.3) is 0 Å². The Morgan fingerprint density at radius 2 is 1.93 bits per heavy atom. The zero-order valence-corrected chi connectivity index (χ0v) is 19.3. The van der Waals surface area contributed by atoms with Gasteiger partial charge < -0.3 is 15.0 Å². The molecule has 1 aliphatic rings. The van der Waals surface area contributed by atoms with E-state index in [1.807, 2.05) is 31.2 Å². The summed E-state index contributed by atoms with van der Waals surface area (Å²) in [4.78, 5) is 15.2. The van der Waals surface area contributed by atoms with Gasteiger partial charge in [-0.15, -0.1) is 0 Å². The molecule has 1 saturated heterocycles. The van der Waals surface area contributed by atoms with Crippen molar-refractivity contribution in [3.63, 3.8) is 0 Å². The molecule has 0 atom stereocenters. The second kappa shape index (κ2) is 9.59. The first-order valence-electron chi connectivity index (χ1n) is 9.69. The Hall–Kier alpha value is -2.12. The number of nitrogens with zero attached hydrogens (tertiary/aromatic N) is 1. The van der Waals surface area contributed by atoms with Crippen LogP contribution in [-0.2, 0) is 0 Å². The summed E-state index contributed by atoms with van der Waals surface area (Å²) in [5.74, 6) is 0.986. The van der Waals surface area contributed by atoms with Gasteiger partial charge in [0, 0.05) is 17.6 Å². The molecular formula is C22H26BrN3O2S. The quantitative estimate of drug-likeness (QED) is 0.600. The van der Waals surface area contributed by atoms with E-state index in [9.17, 15) is 4.79 Å². The Morgan fingerprint density at radius 3 is 2.62 bits per heavy atom. The topological polar surface area (TPSA) is 53.6 Å². The molecule has 0 saturated carbocycles. The molecule has 1 aliphatic heterocycles. The number of halogens is 1. The molecular weight excluding hydrogens is 450 g/mol. The van der Waals surface area contributed by atoms with Gasteiger partial charge in [0.25, 0.3) is 5.91 Å². The second-order valence-corrected chi connectivity index (χ2v) is 8.72. The maximum atomic E-state index is 12.8. The first-order chi connectivity index (χ1) is 13.9. The predicted octanol–water partition coefficient (Wildman–Crippen LogP) is 5.13. The number of hydrogen-bond donors (Lipinski definition) is 2. The van der Waals surface area contributed by atoms with E-state index in [0.29, 0.717) is 11.3 Å². The molecule has 0 aromatic heterocycles. The van der Waals surface area contributed by atoms with Crippen molar-refractivity contribution in [2.24, 2.45) is 5.92 Å². The maximum absolute atomic E-state index is 12.8. The number of carbonyl (C=O) groups is 1. The standard InChI is InChI=1S/C22H26BrN3O2S/c1-14-8-10-26(11-9-14)19-7-5-4-6-18(19)24-22(29)25-21(27)17-13-16(23)12-15(2)20(17)28-3/h4-7,12-14H,8-11H2,1-3H3,(H2,24,25,27,29). The Bertz CT molecular complexity index is 911. The number of piperidine rings is 1. The van der Waals surface area contributed by atoms with Crippen molar-refractivity contribution in [1.82, 2.24) is 5.32 Å². The SMILES string of the molecule is COc1c(C)cc(Br)cc1C(=O)NC(=S)Nc1ccccc1N1CCC(C)CC1. The lowest BCUT2D eigenvalue weighted by Crippen LogP contribution is -2.36. The lowest BCUT2D eigenvalue weighted by atomic mass is 9.98. The van der Waals surface area contributed by atoms with Crippen LogP contribution in [0, 0.1) is 12.8 Å². The van der Waals surface area contributed by atoms with Crippen LogP contribution < -0.4 is 20.3 Å². The van der Waals surface area contributed by atoms with Crippen molar-refractivity contribution >= 4 is 50.5 Å². The molecule has 154 valence electrons. The molecule has 2 aromatic rings. The fraction of sp³-hybridized carbons (Fsp3) is 0.364. The molecule has 1 fully saturated rings. The molecule has 3 rings (SSSR count). The van der Waals surface area contributed by atoms with Crippen LogP contribution >= 0.6 is 28.1 Å². The van der Waals surface area contributed by atoms with Crippen molar-refractivity contribution in [2.75, 3.05) is 30.4 Å². The third-order valence-corrected chi connectivity index (χ3v) is 5.85. The number of anilines is 2. The lowest BCUT2D eigenvalue weighted by molar-refractivity contribution is 0.0974. The summed E-state index contributed by atoms with van der Waals surface area (Å²) in [6, 6.07) is 11.7. The van der Waals surface area contributed by atoms with E-state index < -0.39 is 0 Å². The van der Waals surface area contributed by atoms with Crippen LogP contribution in [0.3, 0.4) is 0 Å². The number of rotatable bonds is 4. The van der Waals surface area contributed by atoms with Gasteiger partial charge in [0.15, 0.2) is 5.11 Å². The molecule has 0 spiro atoms. The highest BCUT2D eigenvalue weighted by Gasteiger charge is 2.20. The minimum atomic E-state index is -0.312. The first kappa shape index (κ1) is 21.6. The minimum absolute atomic E-state index is 0.257. The van der Waals surface area contributed by atoms with Gasteiger partial charge in [0.05, 0.1) is 24.0 Å². The lowest BCUT2D eigenvalue weighted by Gasteiger charge is -2.33. The van der Waals surface area contributed by atoms with Gasteiger partial charge in [-0.2, -0.15) is 0 Å². The summed E-state index contributed by atoms with van der Waals surface area (Å²) >= 11 is 8.86.